The first kappa shape index (κ1) is 23.8. The number of anilines is 1. The van der Waals surface area contributed by atoms with E-state index in [4.69, 9.17) is 11.6 Å². The van der Waals surface area contributed by atoms with Gasteiger partial charge >= 0.3 is 0 Å². The van der Waals surface area contributed by atoms with E-state index >= 15 is 0 Å². The van der Waals surface area contributed by atoms with Gasteiger partial charge in [0.15, 0.2) is 5.03 Å². The maximum Gasteiger partial charge on any atom is 0.283 e. The molecule has 0 aliphatic heterocycles. The highest BCUT2D eigenvalue weighted by Gasteiger charge is 2.28. The molecule has 1 amide bonds. The minimum Gasteiger partial charge on any atom is -0.394 e. The molecule has 1 aromatic heterocycles. The number of aliphatic hydroxyl groups is 1. The fourth-order valence-corrected chi connectivity index (χ4v) is 4.46. The van der Waals surface area contributed by atoms with Crippen molar-refractivity contribution in [2.75, 3.05) is 10.9 Å². The standard InChI is InChI=1S/C22H25ClN4O4S/c1-22(2,15-28)24-21(29)17-5-4-6-19(13-17)27(14-16-7-9-18(23)10-8-16)32(30,31)20-11-12-26(3)25-20/h4-13,28H,14-15H2,1-3H3,(H,24,29). The lowest BCUT2D eigenvalue weighted by Crippen LogP contribution is -2.46. The molecular formula is C22H25ClN4O4S. The summed E-state index contributed by atoms with van der Waals surface area (Å²) >= 11 is 5.97. The van der Waals surface area contributed by atoms with Crippen LogP contribution in [0, 0.1) is 0 Å². The van der Waals surface area contributed by atoms with Gasteiger partial charge in [-0.2, -0.15) is 13.5 Å². The molecule has 0 radical (unpaired) electrons. The molecule has 2 aromatic carbocycles. The summed E-state index contributed by atoms with van der Waals surface area (Å²) in [6.45, 7) is 3.15. The van der Waals surface area contributed by atoms with Crippen molar-refractivity contribution < 1.29 is 18.3 Å². The number of aryl methyl sites for hydroxylation is 1. The molecular weight excluding hydrogens is 452 g/mol. The van der Waals surface area contributed by atoms with E-state index in [1.54, 1.807) is 69.6 Å². The van der Waals surface area contributed by atoms with E-state index < -0.39 is 21.5 Å². The number of carbonyl (C=O) groups is 1. The van der Waals surface area contributed by atoms with E-state index in [0.29, 0.717) is 16.3 Å². The van der Waals surface area contributed by atoms with Crippen LogP contribution in [0.2, 0.25) is 5.02 Å². The van der Waals surface area contributed by atoms with Crippen LogP contribution in [-0.4, -0.2) is 41.4 Å². The minimum absolute atomic E-state index is 0.0171. The second-order valence-corrected chi connectivity index (χ2v) is 10.3. The second-order valence-electron chi connectivity index (χ2n) is 8.01. The van der Waals surface area contributed by atoms with E-state index in [1.807, 2.05) is 0 Å². The molecule has 0 saturated carbocycles. The number of sulfonamides is 1. The molecule has 170 valence electrons. The number of nitrogens with zero attached hydrogens (tertiary/aromatic N) is 3. The van der Waals surface area contributed by atoms with Crippen LogP contribution in [0.1, 0.15) is 29.8 Å². The van der Waals surface area contributed by atoms with E-state index in [0.717, 1.165) is 0 Å². The number of benzene rings is 2. The summed E-state index contributed by atoms with van der Waals surface area (Å²) in [6.07, 6.45) is 1.55. The normalized spacial score (nSPS) is 11.9. The van der Waals surface area contributed by atoms with Gasteiger partial charge in [-0.25, -0.2) is 0 Å². The molecule has 1 heterocycles. The first-order valence-corrected chi connectivity index (χ1v) is 11.6. The van der Waals surface area contributed by atoms with E-state index in [9.17, 15) is 18.3 Å². The zero-order chi connectivity index (χ0) is 23.5. The Labute approximate surface area is 192 Å². The Balaban J connectivity index is 2.03. The molecule has 2 N–H and O–H groups in total. The molecule has 32 heavy (non-hydrogen) atoms. The summed E-state index contributed by atoms with van der Waals surface area (Å²) in [7, 11) is -2.39. The highest BCUT2D eigenvalue weighted by molar-refractivity contribution is 7.92. The third-order valence-corrected chi connectivity index (χ3v) is 6.65. The minimum atomic E-state index is -4.03. The summed E-state index contributed by atoms with van der Waals surface area (Å²) < 4.78 is 29.5. The number of halogens is 1. The molecule has 0 aliphatic rings. The Hall–Kier alpha value is -2.88. The molecule has 0 atom stereocenters. The molecule has 0 fully saturated rings. The van der Waals surface area contributed by atoms with E-state index in [2.05, 4.69) is 10.4 Å². The SMILES string of the molecule is Cn1ccc(S(=O)(=O)N(Cc2ccc(Cl)cc2)c2cccc(C(=O)NC(C)(C)CO)c2)n1. The molecule has 3 aromatic rings. The van der Waals surface area contributed by atoms with Crippen molar-refractivity contribution in [2.45, 2.75) is 31.0 Å². The van der Waals surface area contributed by atoms with Gasteiger partial charge in [-0.15, -0.1) is 0 Å². The van der Waals surface area contributed by atoms with Gasteiger partial charge in [0.05, 0.1) is 24.4 Å². The monoisotopic (exact) mass is 476 g/mol. The van der Waals surface area contributed by atoms with Crippen LogP contribution in [0.15, 0.2) is 65.8 Å². The number of hydrogen-bond acceptors (Lipinski definition) is 5. The van der Waals surface area contributed by atoms with Crippen molar-refractivity contribution in [1.29, 1.82) is 0 Å². The molecule has 0 aliphatic carbocycles. The molecule has 8 nitrogen and oxygen atoms in total. The molecule has 3 rings (SSSR count). The Morgan fingerprint density at radius 2 is 1.88 bits per heavy atom. The maximum atomic E-state index is 13.5. The summed E-state index contributed by atoms with van der Waals surface area (Å²) in [5.41, 5.74) is 0.461. The summed E-state index contributed by atoms with van der Waals surface area (Å²) in [5, 5.41) is 16.7. The Morgan fingerprint density at radius 1 is 1.19 bits per heavy atom. The number of carbonyl (C=O) groups excluding carboxylic acids is 1. The van der Waals surface area contributed by atoms with Crippen LogP contribution in [0.3, 0.4) is 0 Å². The number of aliphatic hydroxyl groups excluding tert-OH is 1. The van der Waals surface area contributed by atoms with E-state index in [-0.39, 0.29) is 23.7 Å². The van der Waals surface area contributed by atoms with Gasteiger partial charge in [0.25, 0.3) is 15.9 Å². The second kappa shape index (κ2) is 9.32. The predicted octanol–water partition coefficient (Wildman–Crippen LogP) is 2.97. The Bertz CT molecular complexity index is 1210. The predicted molar refractivity (Wildman–Crippen MR) is 123 cm³/mol. The average molecular weight is 477 g/mol. The number of amides is 1. The lowest BCUT2D eigenvalue weighted by atomic mass is 10.1. The van der Waals surface area contributed by atoms with Gasteiger partial charge in [-0.1, -0.05) is 29.8 Å². The van der Waals surface area contributed by atoms with Crippen molar-refractivity contribution in [1.82, 2.24) is 15.1 Å². The van der Waals surface area contributed by atoms with Gasteiger partial charge < -0.3 is 10.4 Å². The van der Waals surface area contributed by atoms with Crippen LogP contribution in [0.4, 0.5) is 5.69 Å². The number of nitrogens with one attached hydrogen (secondary N) is 1. The van der Waals surface area contributed by atoms with E-state index in [1.165, 1.54) is 21.1 Å². The van der Waals surface area contributed by atoms with Crippen LogP contribution in [0.25, 0.3) is 0 Å². The topological polar surface area (TPSA) is 105 Å². The zero-order valence-electron chi connectivity index (χ0n) is 18.0. The Morgan fingerprint density at radius 3 is 2.47 bits per heavy atom. The highest BCUT2D eigenvalue weighted by Crippen LogP contribution is 2.27. The fourth-order valence-electron chi connectivity index (χ4n) is 2.94. The molecule has 0 saturated heterocycles. The van der Waals surface area contributed by atoms with Gasteiger partial charge in [0, 0.05) is 23.8 Å². The summed E-state index contributed by atoms with van der Waals surface area (Å²) in [4.78, 5) is 12.7. The van der Waals surface area contributed by atoms with Crippen molar-refractivity contribution in [3.8, 4) is 0 Å². The quantitative estimate of drug-likeness (QED) is 0.520. The van der Waals surface area contributed by atoms with Crippen molar-refractivity contribution in [3.05, 3.63) is 76.9 Å². The van der Waals surface area contributed by atoms with Crippen LogP contribution >= 0.6 is 11.6 Å². The van der Waals surface area contributed by atoms with Crippen molar-refractivity contribution >= 4 is 33.2 Å². The van der Waals surface area contributed by atoms with Crippen LogP contribution < -0.4 is 9.62 Å². The number of hydrogen-bond donors (Lipinski definition) is 2. The third kappa shape index (κ3) is 5.48. The van der Waals surface area contributed by atoms with Crippen LogP contribution in [0.5, 0.6) is 0 Å². The van der Waals surface area contributed by atoms with Gasteiger partial charge in [0.1, 0.15) is 0 Å². The third-order valence-electron chi connectivity index (χ3n) is 4.73. The van der Waals surface area contributed by atoms with Crippen molar-refractivity contribution in [2.24, 2.45) is 7.05 Å². The first-order chi connectivity index (χ1) is 15.0. The number of aromatic nitrogens is 2. The zero-order valence-corrected chi connectivity index (χ0v) is 19.6. The first-order valence-electron chi connectivity index (χ1n) is 9.82. The summed E-state index contributed by atoms with van der Waals surface area (Å²) in [6, 6.07) is 14.6. The van der Waals surface area contributed by atoms with Gasteiger partial charge in [-0.3, -0.25) is 13.8 Å². The Kier molecular flexibility index (Phi) is 6.92. The lowest BCUT2D eigenvalue weighted by Gasteiger charge is -2.25. The molecule has 0 bridgehead atoms. The van der Waals surface area contributed by atoms with Crippen molar-refractivity contribution in [3.63, 3.8) is 0 Å². The number of rotatable bonds is 8. The highest BCUT2D eigenvalue weighted by atomic mass is 35.5. The van der Waals surface area contributed by atoms with Gasteiger partial charge in [0.2, 0.25) is 0 Å². The average Bonchev–Trinajstić information content (AvgIpc) is 3.20. The fraction of sp³-hybridized carbons (Fsp3) is 0.273. The largest absolute Gasteiger partial charge is 0.394 e. The lowest BCUT2D eigenvalue weighted by molar-refractivity contribution is 0.0869. The molecule has 0 unspecified atom stereocenters. The summed E-state index contributed by atoms with van der Waals surface area (Å²) in [5.74, 6) is -0.424. The maximum absolute atomic E-state index is 13.5. The molecule has 0 spiro atoms. The smallest absolute Gasteiger partial charge is 0.283 e. The van der Waals surface area contributed by atoms with Gasteiger partial charge in [-0.05, 0) is 55.8 Å². The molecule has 10 heteroatoms. The van der Waals surface area contributed by atoms with Crippen LogP contribution in [-0.2, 0) is 23.6 Å².